The number of hydrogen-bond donors (Lipinski definition) is 1. The fourth-order valence-electron chi connectivity index (χ4n) is 1.01. The molecule has 0 aliphatic rings. The number of fused-ring (bicyclic) bond motifs is 1. The summed E-state index contributed by atoms with van der Waals surface area (Å²) in [7, 11) is 1.79. The minimum Gasteiger partial charge on any atom is -0.331 e. The van der Waals surface area contributed by atoms with Gasteiger partial charge in [-0.1, -0.05) is 23.5 Å². The monoisotopic (exact) mass is 164 g/mol. The van der Waals surface area contributed by atoms with Crippen LogP contribution in [-0.2, 0) is 0 Å². The summed E-state index contributed by atoms with van der Waals surface area (Å²) in [6, 6.07) is 8.20. The van der Waals surface area contributed by atoms with Crippen molar-refractivity contribution in [3.05, 3.63) is 29.1 Å². The van der Waals surface area contributed by atoms with Crippen LogP contribution >= 0.6 is 11.3 Å². The van der Waals surface area contributed by atoms with Crippen molar-refractivity contribution in [1.29, 1.82) is 0 Å². The van der Waals surface area contributed by atoms with Crippen molar-refractivity contribution in [2.75, 3.05) is 7.05 Å². The summed E-state index contributed by atoms with van der Waals surface area (Å²) < 4.78 is 1.26. The SMILES string of the molecule is CN=c1[nH]c2ccccc2s1. The normalized spacial score (nSPS) is 12.6. The van der Waals surface area contributed by atoms with Gasteiger partial charge in [0.2, 0.25) is 0 Å². The molecule has 0 fully saturated rings. The second-order valence-electron chi connectivity index (χ2n) is 2.25. The molecule has 1 N–H and O–H groups in total. The third-order valence-electron chi connectivity index (χ3n) is 1.54. The molecule has 1 heterocycles. The Labute approximate surface area is 68.2 Å². The van der Waals surface area contributed by atoms with Crippen LogP contribution < -0.4 is 4.80 Å². The average Bonchev–Trinajstić information content (AvgIpc) is 2.46. The molecule has 0 aliphatic heterocycles. The number of hydrogen-bond acceptors (Lipinski definition) is 2. The van der Waals surface area contributed by atoms with Crippen molar-refractivity contribution in [2.24, 2.45) is 4.99 Å². The van der Waals surface area contributed by atoms with Crippen LogP contribution in [0.15, 0.2) is 29.3 Å². The first-order valence-electron chi connectivity index (χ1n) is 3.41. The summed E-state index contributed by atoms with van der Waals surface area (Å²) in [5.74, 6) is 0. The fourth-order valence-corrected chi connectivity index (χ4v) is 1.84. The molecule has 0 atom stereocenters. The van der Waals surface area contributed by atoms with E-state index in [1.54, 1.807) is 18.4 Å². The molecule has 1 aromatic heterocycles. The van der Waals surface area contributed by atoms with E-state index < -0.39 is 0 Å². The van der Waals surface area contributed by atoms with Crippen molar-refractivity contribution in [1.82, 2.24) is 4.98 Å². The fraction of sp³-hybridized carbons (Fsp3) is 0.125. The van der Waals surface area contributed by atoms with Gasteiger partial charge in [0, 0.05) is 7.05 Å². The van der Waals surface area contributed by atoms with Gasteiger partial charge in [-0.05, 0) is 12.1 Å². The highest BCUT2D eigenvalue weighted by Crippen LogP contribution is 2.11. The van der Waals surface area contributed by atoms with Crippen LogP contribution in [0.3, 0.4) is 0 Å². The van der Waals surface area contributed by atoms with Gasteiger partial charge < -0.3 is 4.98 Å². The number of aromatic amines is 1. The Morgan fingerprint density at radius 3 is 2.91 bits per heavy atom. The van der Waals surface area contributed by atoms with Crippen molar-refractivity contribution in [3.63, 3.8) is 0 Å². The number of benzene rings is 1. The van der Waals surface area contributed by atoms with E-state index in [9.17, 15) is 0 Å². The van der Waals surface area contributed by atoms with Gasteiger partial charge in [0.25, 0.3) is 0 Å². The number of thiazole rings is 1. The molecule has 0 spiro atoms. The lowest BCUT2D eigenvalue weighted by molar-refractivity contribution is 1.22. The Balaban J connectivity index is 2.89. The van der Waals surface area contributed by atoms with E-state index in [1.165, 1.54) is 4.70 Å². The number of H-pyrrole nitrogens is 1. The minimum atomic E-state index is 0.978. The van der Waals surface area contributed by atoms with E-state index in [2.05, 4.69) is 22.1 Å². The maximum atomic E-state index is 4.07. The molecule has 0 radical (unpaired) electrons. The molecule has 0 aliphatic carbocycles. The van der Waals surface area contributed by atoms with Crippen molar-refractivity contribution < 1.29 is 0 Å². The summed E-state index contributed by atoms with van der Waals surface area (Å²) >= 11 is 1.68. The Morgan fingerprint density at radius 2 is 2.18 bits per heavy atom. The van der Waals surface area contributed by atoms with E-state index >= 15 is 0 Å². The summed E-state index contributed by atoms with van der Waals surface area (Å²) in [4.78, 5) is 8.25. The van der Waals surface area contributed by atoms with Gasteiger partial charge in [0.05, 0.1) is 10.2 Å². The molecule has 2 nitrogen and oxygen atoms in total. The number of rotatable bonds is 0. The van der Waals surface area contributed by atoms with Crippen LogP contribution in [0.4, 0.5) is 0 Å². The molecule has 0 saturated heterocycles. The Bertz CT molecular complexity index is 389. The first-order chi connectivity index (χ1) is 5.40. The highest BCUT2D eigenvalue weighted by atomic mass is 32.1. The molecule has 0 unspecified atom stereocenters. The van der Waals surface area contributed by atoms with E-state index in [1.807, 2.05) is 12.1 Å². The quantitative estimate of drug-likeness (QED) is 0.614. The molecular formula is C8H8N2S. The van der Waals surface area contributed by atoms with E-state index in [0.29, 0.717) is 0 Å². The van der Waals surface area contributed by atoms with Gasteiger partial charge in [-0.3, -0.25) is 4.99 Å². The Morgan fingerprint density at radius 1 is 1.36 bits per heavy atom. The maximum Gasteiger partial charge on any atom is 0.182 e. The highest BCUT2D eigenvalue weighted by Gasteiger charge is 1.92. The van der Waals surface area contributed by atoms with Gasteiger partial charge in [-0.2, -0.15) is 0 Å². The molecule has 0 bridgehead atoms. The zero-order chi connectivity index (χ0) is 7.68. The molecule has 2 aromatic rings. The van der Waals surface area contributed by atoms with Crippen LogP contribution in [0.5, 0.6) is 0 Å². The summed E-state index contributed by atoms with van der Waals surface area (Å²) in [6.45, 7) is 0. The third kappa shape index (κ3) is 1.07. The molecule has 3 heteroatoms. The maximum absolute atomic E-state index is 4.07. The molecule has 11 heavy (non-hydrogen) atoms. The first-order valence-corrected chi connectivity index (χ1v) is 4.22. The Kier molecular flexibility index (Phi) is 1.51. The molecule has 0 amide bonds. The minimum absolute atomic E-state index is 0.978. The van der Waals surface area contributed by atoms with Gasteiger partial charge in [-0.25, -0.2) is 0 Å². The van der Waals surface area contributed by atoms with Crippen molar-refractivity contribution in [2.45, 2.75) is 0 Å². The smallest absolute Gasteiger partial charge is 0.182 e. The van der Waals surface area contributed by atoms with Crippen LogP contribution in [0.25, 0.3) is 10.2 Å². The zero-order valence-corrected chi connectivity index (χ0v) is 6.98. The van der Waals surface area contributed by atoms with Crippen molar-refractivity contribution >= 4 is 21.6 Å². The molecular weight excluding hydrogens is 156 g/mol. The average molecular weight is 164 g/mol. The molecule has 2 rings (SSSR count). The summed E-state index contributed by atoms with van der Waals surface area (Å²) in [5.41, 5.74) is 1.16. The van der Waals surface area contributed by atoms with Gasteiger partial charge >= 0.3 is 0 Å². The van der Waals surface area contributed by atoms with Gasteiger partial charge in [-0.15, -0.1) is 0 Å². The lowest BCUT2D eigenvalue weighted by atomic mass is 10.3. The van der Waals surface area contributed by atoms with Crippen LogP contribution in [0.1, 0.15) is 0 Å². The number of nitrogens with zero attached hydrogens (tertiary/aromatic N) is 1. The lowest BCUT2D eigenvalue weighted by Crippen LogP contribution is -1.94. The molecule has 1 aromatic carbocycles. The summed E-state index contributed by atoms with van der Waals surface area (Å²) in [5, 5.41) is 0. The molecule has 0 saturated carbocycles. The van der Waals surface area contributed by atoms with E-state index in [0.717, 1.165) is 10.3 Å². The van der Waals surface area contributed by atoms with Crippen LogP contribution in [-0.4, -0.2) is 12.0 Å². The first kappa shape index (κ1) is 6.61. The molecule has 56 valence electrons. The summed E-state index contributed by atoms with van der Waals surface area (Å²) in [6.07, 6.45) is 0. The second kappa shape index (κ2) is 2.51. The third-order valence-corrected chi connectivity index (χ3v) is 2.59. The Hall–Kier alpha value is -1.09. The largest absolute Gasteiger partial charge is 0.331 e. The van der Waals surface area contributed by atoms with Crippen LogP contribution in [0.2, 0.25) is 0 Å². The van der Waals surface area contributed by atoms with E-state index in [-0.39, 0.29) is 0 Å². The topological polar surface area (TPSA) is 28.1 Å². The van der Waals surface area contributed by atoms with Crippen molar-refractivity contribution in [3.8, 4) is 0 Å². The zero-order valence-electron chi connectivity index (χ0n) is 6.16. The predicted molar refractivity (Wildman–Crippen MR) is 47.7 cm³/mol. The van der Waals surface area contributed by atoms with Crippen LogP contribution in [0, 0.1) is 0 Å². The predicted octanol–water partition coefficient (Wildman–Crippen LogP) is 1.76. The van der Waals surface area contributed by atoms with E-state index in [4.69, 9.17) is 0 Å². The van der Waals surface area contributed by atoms with Gasteiger partial charge in [0.1, 0.15) is 0 Å². The number of para-hydroxylation sites is 1. The standard InChI is InChI=1S/C8H8N2S/c1-9-8-10-6-4-2-3-5-7(6)11-8/h2-5H,1H3,(H,9,10). The number of nitrogens with one attached hydrogen (secondary N) is 1. The highest BCUT2D eigenvalue weighted by molar-refractivity contribution is 7.16. The lowest BCUT2D eigenvalue weighted by Gasteiger charge is -1.81. The number of aromatic nitrogens is 1. The second-order valence-corrected chi connectivity index (χ2v) is 3.28. The van der Waals surface area contributed by atoms with Gasteiger partial charge in [0.15, 0.2) is 4.80 Å².